The number of aromatic nitrogens is 3. The van der Waals surface area contributed by atoms with E-state index in [2.05, 4.69) is 10.2 Å². The highest BCUT2D eigenvalue weighted by atomic mass is 32.2. The molecule has 0 aliphatic heterocycles. The fraction of sp³-hybridized carbons (Fsp3) is 0. The van der Waals surface area contributed by atoms with Gasteiger partial charge in [-0.25, -0.2) is 0 Å². The fourth-order valence-electron chi connectivity index (χ4n) is 2.11. The number of benzene rings is 2. The molecule has 1 heterocycles. The highest BCUT2D eigenvalue weighted by molar-refractivity contribution is 7.90. The van der Waals surface area contributed by atoms with Crippen LogP contribution in [0.25, 0.3) is 0 Å². The first-order valence-electron chi connectivity index (χ1n) is 7.16. The van der Waals surface area contributed by atoms with E-state index >= 15 is 0 Å². The molecule has 9 nitrogen and oxygen atoms in total. The van der Waals surface area contributed by atoms with Gasteiger partial charge < -0.3 is 0 Å². The standard InChI is InChI=1S/C15H11N5O4S2/c21-20(22)14-9-5-4-6-12(14)10-16-18-11-17-19(15(18)25)26(23,24)13-7-2-1-3-8-13/h1-11H/b16-10+. The summed E-state index contributed by atoms with van der Waals surface area (Å²) in [5.74, 6) is 0. The predicted molar refractivity (Wildman–Crippen MR) is 96.2 cm³/mol. The second-order valence-corrected chi connectivity index (χ2v) is 7.11. The number of nitro groups is 1. The summed E-state index contributed by atoms with van der Waals surface area (Å²) in [6.45, 7) is 0. The third kappa shape index (κ3) is 3.30. The molecule has 11 heteroatoms. The molecule has 0 fully saturated rings. The molecular formula is C15H11N5O4S2. The molecule has 0 radical (unpaired) electrons. The van der Waals surface area contributed by atoms with E-state index in [-0.39, 0.29) is 20.9 Å². The van der Waals surface area contributed by atoms with Gasteiger partial charge in [0, 0.05) is 6.07 Å². The van der Waals surface area contributed by atoms with Gasteiger partial charge >= 0.3 is 0 Å². The number of hydrogen-bond donors (Lipinski definition) is 0. The highest BCUT2D eigenvalue weighted by Gasteiger charge is 2.20. The molecule has 2 aromatic carbocycles. The van der Waals surface area contributed by atoms with Crippen LogP contribution < -0.4 is 0 Å². The molecule has 0 saturated heterocycles. The smallest absolute Gasteiger partial charge is 0.258 e. The van der Waals surface area contributed by atoms with E-state index < -0.39 is 14.9 Å². The monoisotopic (exact) mass is 389 g/mol. The molecule has 0 N–H and O–H groups in total. The van der Waals surface area contributed by atoms with E-state index in [4.69, 9.17) is 12.2 Å². The topological polar surface area (TPSA) is 112 Å². The summed E-state index contributed by atoms with van der Waals surface area (Å²) in [7, 11) is -3.95. The Kier molecular flexibility index (Phi) is 4.73. The second kappa shape index (κ2) is 6.98. The minimum atomic E-state index is -3.95. The van der Waals surface area contributed by atoms with Crippen LogP contribution in [0.3, 0.4) is 0 Å². The van der Waals surface area contributed by atoms with E-state index in [1.807, 2.05) is 0 Å². The first-order valence-corrected chi connectivity index (χ1v) is 9.01. The van der Waals surface area contributed by atoms with E-state index in [1.54, 1.807) is 24.3 Å². The zero-order valence-corrected chi connectivity index (χ0v) is 14.7. The van der Waals surface area contributed by atoms with Gasteiger partial charge in [-0.1, -0.05) is 30.3 Å². The lowest BCUT2D eigenvalue weighted by molar-refractivity contribution is -0.385. The molecule has 0 amide bonds. The van der Waals surface area contributed by atoms with Gasteiger partial charge in [0.05, 0.1) is 21.6 Å². The Morgan fingerprint density at radius 3 is 2.46 bits per heavy atom. The van der Waals surface area contributed by atoms with Crippen molar-refractivity contribution in [1.82, 2.24) is 13.9 Å². The molecule has 0 bridgehead atoms. The SMILES string of the molecule is O=[N+]([O-])c1ccccc1/C=N/n1cnn(S(=O)(=O)c2ccccc2)c1=S. The lowest BCUT2D eigenvalue weighted by Crippen LogP contribution is -2.15. The molecule has 0 atom stereocenters. The van der Waals surface area contributed by atoms with E-state index in [9.17, 15) is 18.5 Å². The molecule has 26 heavy (non-hydrogen) atoms. The summed E-state index contributed by atoms with van der Waals surface area (Å²) in [6.07, 6.45) is 2.34. The third-order valence-electron chi connectivity index (χ3n) is 3.35. The number of hydrogen-bond acceptors (Lipinski definition) is 7. The normalized spacial score (nSPS) is 11.7. The van der Waals surface area contributed by atoms with Gasteiger partial charge in [0.1, 0.15) is 6.33 Å². The first kappa shape index (κ1) is 17.6. The Balaban J connectivity index is 1.99. The van der Waals surface area contributed by atoms with Crippen LogP contribution in [-0.2, 0) is 10.0 Å². The van der Waals surface area contributed by atoms with Crippen LogP contribution >= 0.6 is 12.2 Å². The van der Waals surface area contributed by atoms with Crippen LogP contribution in [0.5, 0.6) is 0 Å². The lowest BCUT2D eigenvalue weighted by atomic mass is 10.2. The third-order valence-corrected chi connectivity index (χ3v) is 5.41. The summed E-state index contributed by atoms with van der Waals surface area (Å²) in [4.78, 5) is 10.5. The molecule has 3 aromatic rings. The Morgan fingerprint density at radius 1 is 1.12 bits per heavy atom. The quantitative estimate of drug-likeness (QED) is 0.287. The molecule has 0 aliphatic carbocycles. The summed E-state index contributed by atoms with van der Waals surface area (Å²) < 4.78 is 26.7. The average molecular weight is 389 g/mol. The first-order chi connectivity index (χ1) is 12.4. The molecule has 132 valence electrons. The number of nitro benzene ring substituents is 1. The van der Waals surface area contributed by atoms with Gasteiger partial charge in [-0.2, -0.15) is 18.2 Å². The molecule has 3 rings (SSSR count). The Morgan fingerprint density at radius 2 is 1.77 bits per heavy atom. The molecule has 0 spiro atoms. The van der Waals surface area contributed by atoms with Crippen molar-refractivity contribution in [3.05, 3.63) is 81.4 Å². The van der Waals surface area contributed by atoms with Crippen molar-refractivity contribution in [2.45, 2.75) is 4.90 Å². The van der Waals surface area contributed by atoms with Crippen molar-refractivity contribution < 1.29 is 13.3 Å². The van der Waals surface area contributed by atoms with Crippen LogP contribution in [0.4, 0.5) is 5.69 Å². The second-order valence-electron chi connectivity index (χ2n) is 4.98. The fourth-order valence-corrected chi connectivity index (χ4v) is 3.70. The van der Waals surface area contributed by atoms with Crippen LogP contribution in [-0.4, -0.2) is 33.4 Å². The van der Waals surface area contributed by atoms with Crippen molar-refractivity contribution in [2.75, 3.05) is 0 Å². The number of para-hydroxylation sites is 1. The van der Waals surface area contributed by atoms with Crippen molar-refractivity contribution >= 4 is 34.1 Å². The zero-order chi connectivity index (χ0) is 18.7. The van der Waals surface area contributed by atoms with Crippen molar-refractivity contribution in [3.63, 3.8) is 0 Å². The minimum Gasteiger partial charge on any atom is -0.258 e. The van der Waals surface area contributed by atoms with Crippen molar-refractivity contribution in [3.8, 4) is 0 Å². The Bertz CT molecular complexity index is 1150. The largest absolute Gasteiger partial charge is 0.285 e. The predicted octanol–water partition coefficient (Wildman–Crippen LogP) is 2.44. The number of nitrogens with zero attached hydrogens (tertiary/aromatic N) is 5. The van der Waals surface area contributed by atoms with E-state index in [0.717, 1.165) is 11.0 Å². The van der Waals surface area contributed by atoms with Crippen molar-refractivity contribution in [2.24, 2.45) is 5.10 Å². The summed E-state index contributed by atoms with van der Waals surface area (Å²) in [5.41, 5.74) is 0.116. The van der Waals surface area contributed by atoms with Crippen LogP contribution in [0.15, 0.2) is 70.9 Å². The van der Waals surface area contributed by atoms with Crippen molar-refractivity contribution in [1.29, 1.82) is 0 Å². The molecule has 1 aromatic heterocycles. The van der Waals surface area contributed by atoms with Gasteiger partial charge in [-0.15, -0.1) is 9.19 Å². The lowest BCUT2D eigenvalue weighted by Gasteiger charge is -2.02. The highest BCUT2D eigenvalue weighted by Crippen LogP contribution is 2.16. The average Bonchev–Trinajstić information content (AvgIpc) is 3.02. The zero-order valence-electron chi connectivity index (χ0n) is 13.0. The molecule has 0 saturated carbocycles. The van der Waals surface area contributed by atoms with Gasteiger partial charge in [0.15, 0.2) is 0 Å². The van der Waals surface area contributed by atoms with Gasteiger partial charge in [0.2, 0.25) is 4.77 Å². The van der Waals surface area contributed by atoms with Gasteiger partial charge in [0.25, 0.3) is 15.7 Å². The Labute approximate surface area is 153 Å². The van der Waals surface area contributed by atoms with Crippen LogP contribution in [0, 0.1) is 14.9 Å². The van der Waals surface area contributed by atoms with E-state index in [1.165, 1.54) is 36.5 Å². The minimum absolute atomic E-state index is 0.0315. The van der Waals surface area contributed by atoms with E-state index in [0.29, 0.717) is 4.09 Å². The maximum atomic E-state index is 12.6. The summed E-state index contributed by atoms with van der Waals surface area (Å²) >= 11 is 5.11. The maximum Gasteiger partial charge on any atom is 0.285 e. The summed E-state index contributed by atoms with van der Waals surface area (Å²) in [5, 5.41) is 18.8. The molecule has 0 unspecified atom stereocenters. The Hall–Kier alpha value is -3.18. The maximum absolute atomic E-state index is 12.6. The number of rotatable bonds is 5. The van der Waals surface area contributed by atoms with Crippen LogP contribution in [0.1, 0.15) is 5.56 Å². The molecule has 0 aliphatic rings. The van der Waals surface area contributed by atoms with Gasteiger partial charge in [-0.05, 0) is 30.4 Å². The molecular weight excluding hydrogens is 378 g/mol. The van der Waals surface area contributed by atoms with Crippen LogP contribution in [0.2, 0.25) is 0 Å². The summed E-state index contributed by atoms with van der Waals surface area (Å²) in [6, 6.07) is 13.7. The van der Waals surface area contributed by atoms with Gasteiger partial charge in [-0.3, -0.25) is 10.1 Å².